The van der Waals surface area contributed by atoms with E-state index in [-0.39, 0.29) is 23.7 Å². The van der Waals surface area contributed by atoms with Crippen molar-refractivity contribution in [2.45, 2.75) is 61.4 Å². The molecule has 3 atom stereocenters. The molecule has 6 nitrogen and oxygen atoms in total. The predicted octanol–water partition coefficient (Wildman–Crippen LogP) is 2.48. The monoisotopic (exact) mass is 379 g/mol. The average Bonchev–Trinajstić information content (AvgIpc) is 3.28. The number of hydrogen-bond donors (Lipinski definition) is 0. The van der Waals surface area contributed by atoms with E-state index in [1.807, 2.05) is 22.7 Å². The van der Waals surface area contributed by atoms with Crippen molar-refractivity contribution in [1.29, 1.82) is 0 Å². The van der Waals surface area contributed by atoms with Crippen LogP contribution in [-0.2, 0) is 21.3 Å². The summed E-state index contributed by atoms with van der Waals surface area (Å²) in [6.07, 6.45) is 10.4. The molecule has 4 rings (SSSR count). The predicted molar refractivity (Wildman–Crippen MR) is 100 cm³/mol. The lowest BCUT2D eigenvalue weighted by Crippen LogP contribution is -2.53. The second-order valence-electron chi connectivity index (χ2n) is 7.90. The van der Waals surface area contributed by atoms with Gasteiger partial charge in [-0.1, -0.05) is 11.8 Å². The molecule has 0 unspecified atom stereocenters. The van der Waals surface area contributed by atoms with Gasteiger partial charge in [0.1, 0.15) is 0 Å². The fourth-order valence-electron chi connectivity index (χ4n) is 4.37. The molecular formula is C19H29N3O3S. The lowest BCUT2D eigenvalue weighted by Gasteiger charge is -2.43. The first-order valence-electron chi connectivity index (χ1n) is 9.67. The Bertz CT molecular complexity index is 648. The van der Waals surface area contributed by atoms with E-state index in [9.17, 15) is 4.79 Å². The normalized spacial score (nSPS) is 31.2. The highest BCUT2D eigenvalue weighted by Gasteiger charge is 2.52. The minimum absolute atomic E-state index is 0.139. The van der Waals surface area contributed by atoms with Crippen LogP contribution in [0.15, 0.2) is 17.6 Å². The lowest BCUT2D eigenvalue weighted by molar-refractivity contribution is -0.139. The number of methoxy groups -OCH3 is 1. The summed E-state index contributed by atoms with van der Waals surface area (Å²) in [4.78, 5) is 19.3. The number of carbonyl (C=O) groups is 1. The van der Waals surface area contributed by atoms with Gasteiger partial charge in [0.25, 0.3) is 0 Å². The Labute approximate surface area is 159 Å². The van der Waals surface area contributed by atoms with Gasteiger partial charge in [-0.3, -0.25) is 4.79 Å². The summed E-state index contributed by atoms with van der Waals surface area (Å²) in [5.41, 5.74) is -0.178. The smallest absolute Gasteiger partial charge is 0.233 e. The Kier molecular flexibility index (Phi) is 5.30. The Morgan fingerprint density at radius 1 is 1.38 bits per heavy atom. The van der Waals surface area contributed by atoms with Gasteiger partial charge in [-0.15, -0.1) is 0 Å². The molecule has 1 saturated heterocycles. The van der Waals surface area contributed by atoms with Gasteiger partial charge in [0.05, 0.1) is 23.5 Å². The molecule has 3 fully saturated rings. The third-order valence-electron chi connectivity index (χ3n) is 6.23. The van der Waals surface area contributed by atoms with Crippen molar-refractivity contribution in [2.24, 2.45) is 13.0 Å². The first-order valence-corrected chi connectivity index (χ1v) is 10.7. The maximum Gasteiger partial charge on any atom is 0.233 e. The number of aryl methyl sites for hydroxylation is 1. The van der Waals surface area contributed by atoms with Gasteiger partial charge in [0, 0.05) is 39.7 Å². The van der Waals surface area contributed by atoms with Gasteiger partial charge in [0.15, 0.2) is 5.16 Å². The number of fused-ring (bicyclic) bond motifs is 1. The zero-order valence-corrected chi connectivity index (χ0v) is 16.5. The van der Waals surface area contributed by atoms with Gasteiger partial charge in [0.2, 0.25) is 5.91 Å². The number of amides is 1. The molecule has 1 aromatic heterocycles. The molecule has 0 N–H and O–H groups in total. The minimum atomic E-state index is -0.178. The van der Waals surface area contributed by atoms with Gasteiger partial charge in [-0.25, -0.2) is 4.98 Å². The quantitative estimate of drug-likeness (QED) is 0.681. The highest BCUT2D eigenvalue weighted by Crippen LogP contribution is 2.44. The summed E-state index contributed by atoms with van der Waals surface area (Å²) in [6, 6.07) is 0.139. The van der Waals surface area contributed by atoms with Crippen LogP contribution >= 0.6 is 11.8 Å². The highest BCUT2D eigenvalue weighted by atomic mass is 32.2. The molecule has 2 heterocycles. The van der Waals surface area contributed by atoms with Crippen molar-refractivity contribution >= 4 is 17.7 Å². The van der Waals surface area contributed by atoms with Crippen molar-refractivity contribution in [2.75, 3.05) is 26.0 Å². The summed E-state index contributed by atoms with van der Waals surface area (Å²) < 4.78 is 14.1. The number of carbonyl (C=O) groups excluding carboxylic acids is 1. The van der Waals surface area contributed by atoms with Crippen LogP contribution in [0.2, 0.25) is 0 Å². The Hall–Kier alpha value is -1.05. The van der Waals surface area contributed by atoms with Crippen molar-refractivity contribution in [3.05, 3.63) is 12.4 Å². The van der Waals surface area contributed by atoms with E-state index in [4.69, 9.17) is 9.47 Å². The van der Waals surface area contributed by atoms with Crippen LogP contribution in [0.3, 0.4) is 0 Å². The van der Waals surface area contributed by atoms with Gasteiger partial charge >= 0.3 is 0 Å². The van der Waals surface area contributed by atoms with E-state index in [0.717, 1.165) is 49.9 Å². The van der Waals surface area contributed by atoms with Crippen LogP contribution in [0.4, 0.5) is 0 Å². The largest absolute Gasteiger partial charge is 0.378 e. The topological polar surface area (TPSA) is 56.6 Å². The van der Waals surface area contributed by atoms with E-state index in [1.54, 1.807) is 13.3 Å². The van der Waals surface area contributed by atoms with Crippen LogP contribution < -0.4 is 0 Å². The molecule has 7 heteroatoms. The summed E-state index contributed by atoms with van der Waals surface area (Å²) in [7, 11) is 3.75. The molecule has 2 aliphatic carbocycles. The zero-order chi connectivity index (χ0) is 18.1. The zero-order valence-electron chi connectivity index (χ0n) is 15.7. The Morgan fingerprint density at radius 2 is 2.23 bits per heavy atom. The fraction of sp³-hybridized carbons (Fsp3) is 0.789. The van der Waals surface area contributed by atoms with Crippen LogP contribution in [0.25, 0.3) is 0 Å². The molecule has 1 amide bonds. The van der Waals surface area contributed by atoms with Crippen LogP contribution in [-0.4, -0.2) is 64.1 Å². The number of rotatable bonds is 7. The molecule has 3 aliphatic rings. The Morgan fingerprint density at radius 3 is 2.92 bits per heavy atom. The first kappa shape index (κ1) is 18.3. The van der Waals surface area contributed by atoms with E-state index >= 15 is 0 Å². The molecule has 0 spiro atoms. The number of hydrogen-bond acceptors (Lipinski definition) is 5. The third kappa shape index (κ3) is 3.66. The standard InChI is InChI=1S/C19H29N3O3S/c1-21-10-8-20-18(21)26-13-17(23)22-9-7-19(24-2)6-5-15(11-16(19)22)25-12-14-3-4-14/h8,10,14-16H,3-7,9,11-13H2,1-2H3/t15-,16+,19-/m1/s1. The van der Waals surface area contributed by atoms with Crippen LogP contribution in [0.1, 0.15) is 38.5 Å². The molecule has 144 valence electrons. The third-order valence-corrected chi connectivity index (χ3v) is 7.27. The minimum Gasteiger partial charge on any atom is -0.378 e. The molecule has 0 radical (unpaired) electrons. The van der Waals surface area contributed by atoms with Crippen molar-refractivity contribution < 1.29 is 14.3 Å². The molecule has 0 bridgehead atoms. The van der Waals surface area contributed by atoms with E-state index in [2.05, 4.69) is 4.98 Å². The number of likely N-dealkylation sites (tertiary alicyclic amines) is 1. The van der Waals surface area contributed by atoms with Gasteiger partial charge < -0.3 is 18.9 Å². The molecule has 2 saturated carbocycles. The van der Waals surface area contributed by atoms with Crippen LogP contribution in [0, 0.1) is 5.92 Å². The lowest BCUT2D eigenvalue weighted by atomic mass is 9.79. The average molecular weight is 380 g/mol. The number of imidazole rings is 1. The summed E-state index contributed by atoms with van der Waals surface area (Å²) in [5.74, 6) is 1.39. The SMILES string of the molecule is CO[C@@]12CC[C@@H](OCC3CC3)C[C@@H]1N(C(=O)CSc1nccn1C)CC2. The molecule has 26 heavy (non-hydrogen) atoms. The fourth-order valence-corrected chi connectivity index (χ4v) is 5.19. The summed E-state index contributed by atoms with van der Waals surface area (Å²) in [5, 5.41) is 0.879. The van der Waals surface area contributed by atoms with E-state index in [1.165, 1.54) is 24.6 Å². The maximum atomic E-state index is 12.9. The van der Waals surface area contributed by atoms with E-state index in [0.29, 0.717) is 5.75 Å². The number of ether oxygens (including phenoxy) is 2. The van der Waals surface area contributed by atoms with Crippen molar-refractivity contribution in [3.63, 3.8) is 0 Å². The summed E-state index contributed by atoms with van der Waals surface area (Å²) >= 11 is 1.51. The van der Waals surface area contributed by atoms with Crippen molar-refractivity contribution in [3.8, 4) is 0 Å². The second-order valence-corrected chi connectivity index (χ2v) is 8.85. The Balaban J connectivity index is 1.38. The molecular weight excluding hydrogens is 350 g/mol. The van der Waals surface area contributed by atoms with Gasteiger partial charge in [-0.2, -0.15) is 0 Å². The molecule has 0 aromatic carbocycles. The highest BCUT2D eigenvalue weighted by molar-refractivity contribution is 7.99. The number of nitrogens with zero attached hydrogens (tertiary/aromatic N) is 3. The first-order chi connectivity index (χ1) is 12.6. The number of aromatic nitrogens is 2. The summed E-state index contributed by atoms with van der Waals surface area (Å²) in [6.45, 7) is 1.67. The maximum absolute atomic E-state index is 12.9. The molecule has 1 aromatic rings. The van der Waals surface area contributed by atoms with Crippen molar-refractivity contribution in [1.82, 2.24) is 14.5 Å². The second kappa shape index (κ2) is 7.52. The van der Waals surface area contributed by atoms with Gasteiger partial charge in [-0.05, 0) is 44.4 Å². The van der Waals surface area contributed by atoms with Crippen LogP contribution in [0.5, 0.6) is 0 Å². The molecule has 1 aliphatic heterocycles. The number of thioether (sulfide) groups is 1. The van der Waals surface area contributed by atoms with E-state index < -0.39 is 0 Å².